The Morgan fingerprint density at radius 1 is 1.21 bits per heavy atom. The maximum atomic E-state index is 12.7. The van der Waals surface area contributed by atoms with Crippen molar-refractivity contribution in [2.75, 3.05) is 32.5 Å². The molecule has 0 bridgehead atoms. The SMILES string of the molecule is COc1ccc(-c2noc(CN3CCCC(C(=O)NCCCSCc4ccccc4)C3)n2)cc1. The number of methoxy groups -OCH3 is 1. The molecular formula is C26H32N4O3S. The molecule has 1 aliphatic rings. The molecule has 1 atom stereocenters. The minimum absolute atomic E-state index is 0.00898. The van der Waals surface area contributed by atoms with E-state index in [1.54, 1.807) is 7.11 Å². The molecule has 7 nitrogen and oxygen atoms in total. The van der Waals surface area contributed by atoms with E-state index in [0.717, 1.165) is 61.7 Å². The summed E-state index contributed by atoms with van der Waals surface area (Å²) in [5.74, 6) is 4.14. The van der Waals surface area contributed by atoms with Crippen LogP contribution in [0.25, 0.3) is 11.4 Å². The lowest BCUT2D eigenvalue weighted by Gasteiger charge is -2.30. The molecule has 8 heteroatoms. The van der Waals surface area contributed by atoms with Gasteiger partial charge in [0.05, 0.1) is 19.6 Å². The van der Waals surface area contributed by atoms with Crippen LogP contribution in [0.15, 0.2) is 59.1 Å². The van der Waals surface area contributed by atoms with Crippen molar-refractivity contribution in [1.29, 1.82) is 0 Å². The van der Waals surface area contributed by atoms with E-state index >= 15 is 0 Å². The number of likely N-dealkylation sites (tertiary alicyclic amines) is 1. The molecule has 0 radical (unpaired) electrons. The van der Waals surface area contributed by atoms with Gasteiger partial charge in [0.15, 0.2) is 0 Å². The van der Waals surface area contributed by atoms with E-state index in [1.807, 2.05) is 42.1 Å². The van der Waals surface area contributed by atoms with Gasteiger partial charge in [0, 0.05) is 24.4 Å². The van der Waals surface area contributed by atoms with Crippen LogP contribution in [0.4, 0.5) is 0 Å². The molecule has 1 aromatic heterocycles. The summed E-state index contributed by atoms with van der Waals surface area (Å²) in [4.78, 5) is 19.5. The van der Waals surface area contributed by atoms with Gasteiger partial charge in [-0.25, -0.2) is 0 Å². The highest BCUT2D eigenvalue weighted by molar-refractivity contribution is 7.98. The van der Waals surface area contributed by atoms with Crippen LogP contribution >= 0.6 is 11.8 Å². The molecule has 0 spiro atoms. The first-order valence-corrected chi connectivity index (χ1v) is 13.0. The van der Waals surface area contributed by atoms with Gasteiger partial charge < -0.3 is 14.6 Å². The van der Waals surface area contributed by atoms with Crippen LogP contribution in [0.1, 0.15) is 30.7 Å². The number of ether oxygens (including phenoxy) is 1. The number of nitrogens with one attached hydrogen (secondary N) is 1. The Morgan fingerprint density at radius 3 is 2.82 bits per heavy atom. The third-order valence-corrected chi connectivity index (χ3v) is 7.04. The van der Waals surface area contributed by atoms with Gasteiger partial charge in [-0.3, -0.25) is 9.69 Å². The maximum absolute atomic E-state index is 12.7. The highest BCUT2D eigenvalue weighted by Crippen LogP contribution is 2.22. The van der Waals surface area contributed by atoms with Crippen molar-refractivity contribution in [3.05, 3.63) is 66.1 Å². The van der Waals surface area contributed by atoms with Crippen LogP contribution in [0.3, 0.4) is 0 Å². The number of amides is 1. The molecule has 3 aromatic rings. The highest BCUT2D eigenvalue weighted by atomic mass is 32.2. The number of hydrogen-bond donors (Lipinski definition) is 1. The molecule has 34 heavy (non-hydrogen) atoms. The van der Waals surface area contributed by atoms with E-state index in [1.165, 1.54) is 5.56 Å². The molecule has 1 saturated heterocycles. The Labute approximate surface area is 205 Å². The molecule has 1 fully saturated rings. The predicted octanol–water partition coefficient (Wildman–Crippen LogP) is 4.40. The van der Waals surface area contributed by atoms with Crippen molar-refractivity contribution in [2.24, 2.45) is 5.92 Å². The van der Waals surface area contributed by atoms with E-state index in [4.69, 9.17) is 9.26 Å². The number of aromatic nitrogens is 2. The minimum atomic E-state index is 0.00898. The van der Waals surface area contributed by atoms with Crippen molar-refractivity contribution in [1.82, 2.24) is 20.4 Å². The van der Waals surface area contributed by atoms with E-state index < -0.39 is 0 Å². The standard InChI is InChI=1S/C26H32N4O3S/c1-32-23-12-10-21(11-13-23)25-28-24(33-29-25)18-30-15-5-9-22(17-30)26(31)27-14-6-16-34-19-20-7-3-2-4-8-20/h2-4,7-8,10-13,22H,5-6,9,14-19H2,1H3,(H,27,31). The lowest BCUT2D eigenvalue weighted by molar-refractivity contribution is -0.126. The molecule has 1 unspecified atom stereocenters. The van der Waals surface area contributed by atoms with Crippen molar-refractivity contribution >= 4 is 17.7 Å². The maximum Gasteiger partial charge on any atom is 0.241 e. The Hall–Kier alpha value is -2.84. The number of piperidine rings is 1. The molecule has 0 aliphatic carbocycles. The second-order valence-corrected chi connectivity index (χ2v) is 9.60. The van der Waals surface area contributed by atoms with Gasteiger partial charge in [0.2, 0.25) is 17.6 Å². The molecule has 2 heterocycles. The summed E-state index contributed by atoms with van der Waals surface area (Å²) >= 11 is 1.91. The van der Waals surface area contributed by atoms with Crippen LogP contribution in [0.5, 0.6) is 5.75 Å². The van der Waals surface area contributed by atoms with Crippen LogP contribution in [-0.4, -0.2) is 53.4 Å². The largest absolute Gasteiger partial charge is 0.497 e. The van der Waals surface area contributed by atoms with Crippen LogP contribution in [0.2, 0.25) is 0 Å². The third kappa shape index (κ3) is 7.08. The number of hydrogen-bond acceptors (Lipinski definition) is 7. The van der Waals surface area contributed by atoms with Crippen LogP contribution in [-0.2, 0) is 17.1 Å². The smallest absolute Gasteiger partial charge is 0.241 e. The zero-order chi connectivity index (χ0) is 23.6. The van der Waals surface area contributed by atoms with E-state index in [0.29, 0.717) is 18.3 Å². The Bertz CT molecular complexity index is 1030. The summed E-state index contributed by atoms with van der Waals surface area (Å²) in [6.07, 6.45) is 2.90. The first kappa shape index (κ1) is 24.3. The number of benzene rings is 2. The van der Waals surface area contributed by atoms with Gasteiger partial charge in [0.1, 0.15) is 5.75 Å². The summed E-state index contributed by atoms with van der Waals surface area (Å²) in [6.45, 7) is 2.93. The number of thioether (sulfide) groups is 1. The monoisotopic (exact) mass is 480 g/mol. The second kappa shape index (κ2) is 12.6. The van der Waals surface area contributed by atoms with Gasteiger partial charge in [-0.05, 0) is 61.4 Å². The molecule has 1 amide bonds. The summed E-state index contributed by atoms with van der Waals surface area (Å²) in [6, 6.07) is 18.1. The number of carbonyl (C=O) groups excluding carboxylic acids is 1. The second-order valence-electron chi connectivity index (χ2n) is 8.50. The molecular weight excluding hydrogens is 448 g/mol. The lowest BCUT2D eigenvalue weighted by atomic mass is 9.97. The number of carbonyl (C=O) groups is 1. The molecule has 1 aliphatic heterocycles. The number of nitrogens with zero attached hydrogens (tertiary/aromatic N) is 3. The molecule has 4 rings (SSSR count). The zero-order valence-corrected chi connectivity index (χ0v) is 20.4. The first-order chi connectivity index (χ1) is 16.7. The number of rotatable bonds is 11. The fraction of sp³-hybridized carbons (Fsp3) is 0.423. The zero-order valence-electron chi connectivity index (χ0n) is 19.6. The van der Waals surface area contributed by atoms with Gasteiger partial charge in [0.25, 0.3) is 0 Å². The lowest BCUT2D eigenvalue weighted by Crippen LogP contribution is -2.43. The van der Waals surface area contributed by atoms with Crippen molar-refractivity contribution < 1.29 is 14.1 Å². The van der Waals surface area contributed by atoms with E-state index in [2.05, 4.69) is 44.6 Å². The fourth-order valence-corrected chi connectivity index (χ4v) is 5.00. The van der Waals surface area contributed by atoms with Crippen molar-refractivity contribution in [2.45, 2.75) is 31.6 Å². The van der Waals surface area contributed by atoms with E-state index in [9.17, 15) is 4.79 Å². The van der Waals surface area contributed by atoms with Crippen LogP contribution in [0, 0.1) is 5.92 Å². The summed E-state index contributed by atoms with van der Waals surface area (Å²) in [5, 5.41) is 7.24. The van der Waals surface area contributed by atoms with Crippen LogP contribution < -0.4 is 10.1 Å². The predicted molar refractivity (Wildman–Crippen MR) is 135 cm³/mol. The topological polar surface area (TPSA) is 80.5 Å². The average molecular weight is 481 g/mol. The van der Waals surface area contributed by atoms with Gasteiger partial charge in [-0.1, -0.05) is 35.5 Å². The minimum Gasteiger partial charge on any atom is -0.497 e. The molecule has 1 N–H and O–H groups in total. The van der Waals surface area contributed by atoms with Gasteiger partial charge >= 0.3 is 0 Å². The molecule has 0 saturated carbocycles. The fourth-order valence-electron chi connectivity index (χ4n) is 4.08. The highest BCUT2D eigenvalue weighted by Gasteiger charge is 2.26. The summed E-state index contributed by atoms with van der Waals surface area (Å²) in [5.41, 5.74) is 2.23. The Kier molecular flexibility index (Phi) is 8.98. The van der Waals surface area contributed by atoms with Gasteiger partial charge in [-0.15, -0.1) is 0 Å². The van der Waals surface area contributed by atoms with Crippen molar-refractivity contribution in [3.63, 3.8) is 0 Å². The summed E-state index contributed by atoms with van der Waals surface area (Å²) < 4.78 is 10.7. The quantitative estimate of drug-likeness (QED) is 0.408. The summed E-state index contributed by atoms with van der Waals surface area (Å²) in [7, 11) is 1.64. The third-order valence-electron chi connectivity index (χ3n) is 5.93. The molecule has 180 valence electrons. The van der Waals surface area contributed by atoms with Gasteiger partial charge in [-0.2, -0.15) is 16.7 Å². The Morgan fingerprint density at radius 2 is 2.03 bits per heavy atom. The molecule has 2 aromatic carbocycles. The first-order valence-electron chi connectivity index (χ1n) is 11.8. The van der Waals surface area contributed by atoms with E-state index in [-0.39, 0.29) is 11.8 Å². The van der Waals surface area contributed by atoms with Crippen molar-refractivity contribution in [3.8, 4) is 17.1 Å². The average Bonchev–Trinajstić information content (AvgIpc) is 3.35. The Balaban J connectivity index is 1.17. The normalized spacial score (nSPS) is 16.3.